The van der Waals surface area contributed by atoms with E-state index >= 15 is 0 Å². The summed E-state index contributed by atoms with van der Waals surface area (Å²) < 4.78 is 22.3. The largest absolute Gasteiger partial charge is 0.503 e. The predicted octanol–water partition coefficient (Wildman–Crippen LogP) is 2.46. The fourth-order valence-electron chi connectivity index (χ4n) is 3.53. The first-order valence-electron chi connectivity index (χ1n) is 10.7. The average Bonchev–Trinajstić information content (AvgIpc) is 2.73. The van der Waals surface area contributed by atoms with Gasteiger partial charge in [0.1, 0.15) is 18.2 Å². The molecule has 1 aromatic rings. The number of ether oxygens (including phenoxy) is 4. The van der Waals surface area contributed by atoms with Gasteiger partial charge in [0.25, 0.3) is 5.91 Å². The van der Waals surface area contributed by atoms with Crippen LogP contribution in [0, 0.1) is 5.92 Å². The highest BCUT2D eigenvalue weighted by Gasteiger charge is 2.34. The summed E-state index contributed by atoms with van der Waals surface area (Å²) in [6, 6.07) is 0.571. The SMILES string of the molecule is COc1ccnc(C(=O)N[C@H]2CCCC[C@H](OC)[C@@H](OCC(C)C)[C@H](C)OC2=O)c1O. The number of aromatic nitrogens is 1. The van der Waals surface area contributed by atoms with Crippen molar-refractivity contribution in [3.63, 3.8) is 0 Å². The van der Waals surface area contributed by atoms with Crippen molar-refractivity contribution in [2.75, 3.05) is 20.8 Å². The standard InChI is InChI=1S/C22H34N2O7/c1-13(2)12-30-20-14(3)31-22(27)15(8-6-7-9-17(20)29-5)24-21(26)18-19(25)16(28-4)10-11-23-18/h10-11,13-15,17,20,25H,6-9,12H2,1-5H3,(H,24,26)/t14-,15-,17-,20-/m0/s1. The van der Waals surface area contributed by atoms with Crippen molar-refractivity contribution < 1.29 is 33.6 Å². The van der Waals surface area contributed by atoms with Crippen molar-refractivity contribution in [2.45, 2.75) is 70.8 Å². The number of cyclic esters (lactones) is 1. The van der Waals surface area contributed by atoms with E-state index in [0.717, 1.165) is 12.8 Å². The number of pyridine rings is 1. The topological polar surface area (TPSA) is 116 Å². The second-order valence-electron chi connectivity index (χ2n) is 8.13. The number of carbonyl (C=O) groups excluding carboxylic acids is 2. The smallest absolute Gasteiger partial charge is 0.329 e. The minimum Gasteiger partial charge on any atom is -0.503 e. The van der Waals surface area contributed by atoms with Crippen molar-refractivity contribution in [1.82, 2.24) is 10.3 Å². The first kappa shape index (κ1) is 24.9. The van der Waals surface area contributed by atoms with E-state index in [4.69, 9.17) is 18.9 Å². The second kappa shape index (κ2) is 11.9. The minimum absolute atomic E-state index is 0.123. The molecule has 1 aromatic heterocycles. The number of methoxy groups -OCH3 is 2. The number of hydrogen-bond acceptors (Lipinski definition) is 8. The van der Waals surface area contributed by atoms with Gasteiger partial charge in [0.05, 0.1) is 13.2 Å². The van der Waals surface area contributed by atoms with Crippen molar-refractivity contribution in [3.8, 4) is 11.5 Å². The Morgan fingerprint density at radius 1 is 1.32 bits per heavy atom. The lowest BCUT2D eigenvalue weighted by Gasteiger charge is -2.33. The number of carbonyl (C=O) groups is 2. The molecule has 1 saturated heterocycles. The van der Waals surface area contributed by atoms with E-state index in [-0.39, 0.29) is 23.3 Å². The van der Waals surface area contributed by atoms with Gasteiger partial charge in [0.2, 0.25) is 0 Å². The van der Waals surface area contributed by atoms with Crippen LogP contribution >= 0.6 is 0 Å². The molecule has 2 rings (SSSR count). The van der Waals surface area contributed by atoms with Gasteiger partial charge in [0, 0.05) is 26.0 Å². The molecule has 0 radical (unpaired) electrons. The third-order valence-corrected chi connectivity index (χ3v) is 5.20. The third-order valence-electron chi connectivity index (χ3n) is 5.20. The fraction of sp³-hybridized carbons (Fsp3) is 0.682. The van der Waals surface area contributed by atoms with Crippen LogP contribution in [0.5, 0.6) is 11.5 Å². The first-order valence-corrected chi connectivity index (χ1v) is 10.7. The van der Waals surface area contributed by atoms with E-state index in [1.165, 1.54) is 19.4 Å². The number of nitrogens with one attached hydrogen (secondary N) is 1. The van der Waals surface area contributed by atoms with Crippen LogP contribution in [-0.4, -0.2) is 67.1 Å². The maximum atomic E-state index is 12.9. The number of esters is 1. The lowest BCUT2D eigenvalue weighted by Crippen LogP contribution is -2.48. The van der Waals surface area contributed by atoms with Crippen LogP contribution in [0.1, 0.15) is 56.9 Å². The van der Waals surface area contributed by atoms with Gasteiger partial charge in [-0.3, -0.25) is 4.79 Å². The molecule has 174 valence electrons. The molecular weight excluding hydrogens is 404 g/mol. The Hall–Kier alpha value is -2.39. The molecule has 0 unspecified atom stereocenters. The zero-order valence-electron chi connectivity index (χ0n) is 18.9. The molecule has 0 bridgehead atoms. The van der Waals surface area contributed by atoms with Gasteiger partial charge in [-0.2, -0.15) is 0 Å². The van der Waals surface area contributed by atoms with Crippen LogP contribution in [0.4, 0.5) is 0 Å². The van der Waals surface area contributed by atoms with E-state index < -0.39 is 30.1 Å². The van der Waals surface area contributed by atoms with Crippen LogP contribution in [0.3, 0.4) is 0 Å². The molecule has 2 N–H and O–H groups in total. The summed E-state index contributed by atoms with van der Waals surface area (Å²) in [6.07, 6.45) is 2.83. The molecular formula is C22H34N2O7. The number of rotatable bonds is 7. The molecule has 0 spiro atoms. The van der Waals surface area contributed by atoms with E-state index in [0.29, 0.717) is 25.4 Å². The first-order chi connectivity index (χ1) is 14.8. The van der Waals surface area contributed by atoms with Crippen LogP contribution < -0.4 is 10.1 Å². The molecule has 2 heterocycles. The number of amides is 1. The highest BCUT2D eigenvalue weighted by molar-refractivity contribution is 5.97. The van der Waals surface area contributed by atoms with Crippen LogP contribution in [0.2, 0.25) is 0 Å². The lowest BCUT2D eigenvalue weighted by atomic mass is 9.99. The van der Waals surface area contributed by atoms with Crippen LogP contribution in [0.15, 0.2) is 12.3 Å². The molecule has 31 heavy (non-hydrogen) atoms. The molecule has 1 fully saturated rings. The number of nitrogens with zero attached hydrogens (tertiary/aromatic N) is 1. The molecule has 1 aliphatic rings. The fourth-order valence-corrected chi connectivity index (χ4v) is 3.53. The second-order valence-corrected chi connectivity index (χ2v) is 8.13. The summed E-state index contributed by atoms with van der Waals surface area (Å²) >= 11 is 0. The van der Waals surface area contributed by atoms with Gasteiger partial charge >= 0.3 is 5.97 Å². The zero-order chi connectivity index (χ0) is 23.0. The molecule has 0 aliphatic carbocycles. The summed E-state index contributed by atoms with van der Waals surface area (Å²) in [5.74, 6) is -1.17. The Balaban J connectivity index is 2.14. The van der Waals surface area contributed by atoms with Crippen molar-refractivity contribution in [3.05, 3.63) is 18.0 Å². The highest BCUT2D eigenvalue weighted by Crippen LogP contribution is 2.28. The highest BCUT2D eigenvalue weighted by atomic mass is 16.6. The molecule has 9 nitrogen and oxygen atoms in total. The van der Waals surface area contributed by atoms with Gasteiger partial charge in [-0.1, -0.05) is 26.7 Å². The van der Waals surface area contributed by atoms with Gasteiger partial charge in [-0.15, -0.1) is 0 Å². The number of aromatic hydroxyl groups is 1. The minimum atomic E-state index is -0.868. The van der Waals surface area contributed by atoms with Crippen LogP contribution in [-0.2, 0) is 19.0 Å². The van der Waals surface area contributed by atoms with Gasteiger partial charge in [0.15, 0.2) is 17.2 Å². The average molecular weight is 439 g/mol. The molecule has 1 aliphatic heterocycles. The quantitative estimate of drug-likeness (QED) is 0.624. The molecule has 4 atom stereocenters. The maximum absolute atomic E-state index is 12.9. The molecule has 9 heteroatoms. The summed E-state index contributed by atoms with van der Waals surface area (Å²) in [7, 11) is 3.01. The normalized spacial score (nSPS) is 25.0. The van der Waals surface area contributed by atoms with E-state index in [1.54, 1.807) is 14.0 Å². The van der Waals surface area contributed by atoms with Gasteiger partial charge in [-0.05, 0) is 25.7 Å². The Morgan fingerprint density at radius 2 is 2.03 bits per heavy atom. The van der Waals surface area contributed by atoms with Gasteiger partial charge < -0.3 is 29.4 Å². The Bertz CT molecular complexity index is 741. The Morgan fingerprint density at radius 3 is 2.68 bits per heavy atom. The van der Waals surface area contributed by atoms with Crippen LogP contribution in [0.25, 0.3) is 0 Å². The molecule has 0 saturated carbocycles. The van der Waals surface area contributed by atoms with E-state index in [9.17, 15) is 14.7 Å². The third kappa shape index (κ3) is 6.80. The number of hydrogen-bond donors (Lipinski definition) is 2. The van der Waals surface area contributed by atoms with E-state index in [1.807, 2.05) is 13.8 Å². The lowest BCUT2D eigenvalue weighted by molar-refractivity contribution is -0.170. The van der Waals surface area contributed by atoms with Gasteiger partial charge in [-0.25, -0.2) is 9.78 Å². The van der Waals surface area contributed by atoms with Crippen molar-refractivity contribution in [2.24, 2.45) is 5.92 Å². The summed E-state index contributed by atoms with van der Waals surface area (Å²) in [4.78, 5) is 29.4. The summed E-state index contributed by atoms with van der Waals surface area (Å²) in [6.45, 7) is 6.39. The molecule has 1 amide bonds. The molecule has 0 aromatic carbocycles. The Kier molecular flexibility index (Phi) is 9.51. The summed E-state index contributed by atoms with van der Waals surface area (Å²) in [5.41, 5.74) is -0.213. The zero-order valence-corrected chi connectivity index (χ0v) is 18.9. The monoisotopic (exact) mass is 438 g/mol. The maximum Gasteiger partial charge on any atom is 0.329 e. The summed E-state index contributed by atoms with van der Waals surface area (Å²) in [5, 5.41) is 12.8. The van der Waals surface area contributed by atoms with Crippen molar-refractivity contribution >= 4 is 11.9 Å². The van der Waals surface area contributed by atoms with Crippen molar-refractivity contribution in [1.29, 1.82) is 0 Å². The predicted molar refractivity (Wildman–Crippen MR) is 113 cm³/mol. The van der Waals surface area contributed by atoms with E-state index in [2.05, 4.69) is 10.3 Å². The Labute approximate surface area is 183 Å².